The lowest BCUT2D eigenvalue weighted by molar-refractivity contribution is -0.0267. The fourth-order valence-corrected chi connectivity index (χ4v) is 3.78. The van der Waals surface area contributed by atoms with Crippen molar-refractivity contribution in [3.8, 4) is 0 Å². The minimum Gasteiger partial charge on any atom is -0.374 e. The zero-order valence-corrected chi connectivity index (χ0v) is 16.3. The van der Waals surface area contributed by atoms with Crippen LogP contribution in [-0.4, -0.2) is 13.7 Å². The van der Waals surface area contributed by atoms with Crippen molar-refractivity contribution in [3.05, 3.63) is 96.6 Å². The molecule has 0 saturated carbocycles. The highest BCUT2D eigenvalue weighted by Gasteiger charge is 2.29. The van der Waals surface area contributed by atoms with E-state index >= 15 is 0 Å². The van der Waals surface area contributed by atoms with Crippen molar-refractivity contribution < 1.29 is 4.74 Å². The number of rotatable bonds is 9. The minimum atomic E-state index is -0.222. The molecule has 1 atom stereocenters. The predicted molar refractivity (Wildman–Crippen MR) is 115 cm³/mol. The van der Waals surface area contributed by atoms with Crippen molar-refractivity contribution in [2.45, 2.75) is 31.8 Å². The highest BCUT2D eigenvalue weighted by Crippen LogP contribution is 2.34. The Kier molecular flexibility index (Phi) is 6.67. The molecule has 0 unspecified atom stereocenters. The van der Waals surface area contributed by atoms with Gasteiger partial charge in [0.2, 0.25) is 0 Å². The second kappa shape index (κ2) is 9.38. The quantitative estimate of drug-likeness (QED) is 0.429. The van der Waals surface area contributed by atoms with Gasteiger partial charge in [-0.15, -0.1) is 0 Å². The van der Waals surface area contributed by atoms with E-state index in [0.29, 0.717) is 0 Å². The first-order chi connectivity index (χ1) is 13.3. The zero-order chi connectivity index (χ0) is 19.0. The van der Waals surface area contributed by atoms with E-state index in [1.165, 1.54) is 16.9 Å². The van der Waals surface area contributed by atoms with Crippen LogP contribution in [0.15, 0.2) is 91.0 Å². The lowest BCUT2D eigenvalue weighted by Gasteiger charge is -2.33. The van der Waals surface area contributed by atoms with Gasteiger partial charge in [0.1, 0.15) is 0 Å². The average molecular weight is 360 g/mol. The first-order valence-corrected chi connectivity index (χ1v) is 9.77. The summed E-state index contributed by atoms with van der Waals surface area (Å²) in [5.74, 6) is 0. The number of hydrogen-bond donors (Lipinski definition) is 0. The Morgan fingerprint density at radius 2 is 1.22 bits per heavy atom. The molecular formula is C25H29NO. The molecule has 0 fully saturated rings. The molecule has 0 heterocycles. The Bertz CT molecular complexity index is 743. The molecule has 0 aliphatic rings. The van der Waals surface area contributed by atoms with Crippen molar-refractivity contribution in [1.29, 1.82) is 0 Å². The number of para-hydroxylation sites is 2. The third kappa shape index (κ3) is 4.58. The summed E-state index contributed by atoms with van der Waals surface area (Å²) < 4.78 is 6.05. The molecule has 0 N–H and O–H groups in total. The van der Waals surface area contributed by atoms with Crippen LogP contribution in [0.4, 0.5) is 11.4 Å². The molecule has 3 aromatic rings. The molecule has 2 heteroatoms. The summed E-state index contributed by atoms with van der Waals surface area (Å²) in [5, 5.41) is 0. The molecule has 140 valence electrons. The van der Waals surface area contributed by atoms with Crippen LogP contribution in [0.5, 0.6) is 0 Å². The van der Waals surface area contributed by atoms with Gasteiger partial charge >= 0.3 is 0 Å². The van der Waals surface area contributed by atoms with Crippen LogP contribution in [0.3, 0.4) is 0 Å². The van der Waals surface area contributed by atoms with Gasteiger partial charge in [-0.3, -0.25) is 0 Å². The molecule has 3 aromatic carbocycles. The smallest absolute Gasteiger partial charge is 0.0925 e. The van der Waals surface area contributed by atoms with Gasteiger partial charge in [-0.2, -0.15) is 0 Å². The van der Waals surface area contributed by atoms with Crippen LogP contribution in [-0.2, 0) is 10.3 Å². The third-order valence-electron chi connectivity index (χ3n) is 5.36. The average Bonchev–Trinajstić information content (AvgIpc) is 2.76. The van der Waals surface area contributed by atoms with E-state index in [1.807, 2.05) is 7.11 Å². The van der Waals surface area contributed by atoms with Crippen LogP contribution in [0, 0.1) is 0 Å². The maximum absolute atomic E-state index is 6.05. The first-order valence-electron chi connectivity index (χ1n) is 9.77. The largest absolute Gasteiger partial charge is 0.374 e. The molecule has 27 heavy (non-hydrogen) atoms. The zero-order valence-electron chi connectivity index (χ0n) is 16.3. The highest BCUT2D eigenvalue weighted by molar-refractivity contribution is 5.62. The van der Waals surface area contributed by atoms with Gasteiger partial charge in [0.15, 0.2) is 0 Å². The first kappa shape index (κ1) is 19.2. The predicted octanol–water partition coefficient (Wildman–Crippen LogP) is 6.56. The maximum atomic E-state index is 6.05. The molecule has 0 amide bonds. The van der Waals surface area contributed by atoms with Crippen molar-refractivity contribution >= 4 is 11.4 Å². The molecule has 0 aliphatic carbocycles. The van der Waals surface area contributed by atoms with E-state index in [-0.39, 0.29) is 5.60 Å². The topological polar surface area (TPSA) is 12.5 Å². The number of methoxy groups -OCH3 is 1. The number of nitrogens with zero attached hydrogens (tertiary/aromatic N) is 1. The van der Waals surface area contributed by atoms with Gasteiger partial charge < -0.3 is 9.64 Å². The van der Waals surface area contributed by atoms with E-state index in [0.717, 1.165) is 25.8 Å². The Balaban J connectivity index is 1.77. The van der Waals surface area contributed by atoms with Gasteiger partial charge in [0.25, 0.3) is 0 Å². The van der Waals surface area contributed by atoms with Crippen LogP contribution in [0.2, 0.25) is 0 Å². The normalized spacial score (nSPS) is 13.1. The van der Waals surface area contributed by atoms with Crippen molar-refractivity contribution in [2.75, 3.05) is 18.6 Å². The fourth-order valence-electron chi connectivity index (χ4n) is 3.78. The standard InChI is InChI=1S/C25H29NO/c1-3-25(27-2,22-14-7-4-8-15-22)20-13-21-26(23-16-9-5-10-17-23)24-18-11-6-12-19-24/h4-12,14-19H,3,13,20-21H2,1-2H3/t25-/m0/s1. The van der Waals surface area contributed by atoms with E-state index in [2.05, 4.69) is 103 Å². The van der Waals surface area contributed by atoms with Crippen LogP contribution in [0.25, 0.3) is 0 Å². The van der Waals surface area contributed by atoms with E-state index in [4.69, 9.17) is 4.74 Å². The Hall–Kier alpha value is -2.58. The summed E-state index contributed by atoms with van der Waals surface area (Å²) in [6, 6.07) is 31.8. The molecule has 0 aromatic heterocycles. The summed E-state index contributed by atoms with van der Waals surface area (Å²) in [6.45, 7) is 3.16. The number of anilines is 2. The second-order valence-electron chi connectivity index (χ2n) is 6.84. The SMILES string of the molecule is CC[C@@](CCCN(c1ccccc1)c1ccccc1)(OC)c1ccccc1. The van der Waals surface area contributed by atoms with Crippen LogP contribution < -0.4 is 4.90 Å². The van der Waals surface area contributed by atoms with Crippen LogP contribution in [0.1, 0.15) is 31.7 Å². The van der Waals surface area contributed by atoms with Crippen molar-refractivity contribution in [2.24, 2.45) is 0 Å². The summed E-state index contributed by atoms with van der Waals surface area (Å²) in [4.78, 5) is 2.39. The van der Waals surface area contributed by atoms with Gasteiger partial charge in [-0.25, -0.2) is 0 Å². The lowest BCUT2D eigenvalue weighted by atomic mass is 9.86. The molecule has 0 spiro atoms. The third-order valence-corrected chi connectivity index (χ3v) is 5.36. The Labute approximate surface area is 163 Å². The van der Waals surface area contributed by atoms with E-state index < -0.39 is 0 Å². The van der Waals surface area contributed by atoms with E-state index in [9.17, 15) is 0 Å². The molecular weight excluding hydrogens is 330 g/mol. The Morgan fingerprint density at radius 3 is 1.67 bits per heavy atom. The summed E-state index contributed by atoms with van der Waals surface area (Å²) in [6.07, 6.45) is 2.99. The molecule has 0 saturated heterocycles. The second-order valence-corrected chi connectivity index (χ2v) is 6.84. The number of benzene rings is 3. The molecule has 0 radical (unpaired) electrons. The van der Waals surface area contributed by atoms with E-state index in [1.54, 1.807) is 0 Å². The van der Waals surface area contributed by atoms with Crippen molar-refractivity contribution in [3.63, 3.8) is 0 Å². The van der Waals surface area contributed by atoms with Gasteiger partial charge in [0.05, 0.1) is 5.60 Å². The summed E-state index contributed by atoms with van der Waals surface area (Å²) in [7, 11) is 1.84. The molecule has 0 aliphatic heterocycles. The molecule has 3 rings (SSSR count). The van der Waals surface area contributed by atoms with Crippen molar-refractivity contribution in [1.82, 2.24) is 0 Å². The van der Waals surface area contributed by atoms with Gasteiger partial charge in [0, 0.05) is 25.0 Å². The number of ether oxygens (including phenoxy) is 1. The Morgan fingerprint density at radius 1 is 0.741 bits per heavy atom. The summed E-state index contributed by atoms with van der Waals surface area (Å²) >= 11 is 0. The van der Waals surface area contributed by atoms with Gasteiger partial charge in [-0.1, -0.05) is 73.7 Å². The number of hydrogen-bond acceptors (Lipinski definition) is 2. The van der Waals surface area contributed by atoms with Crippen LogP contribution >= 0.6 is 0 Å². The minimum absolute atomic E-state index is 0.222. The lowest BCUT2D eigenvalue weighted by Crippen LogP contribution is -2.29. The molecule has 2 nitrogen and oxygen atoms in total. The fraction of sp³-hybridized carbons (Fsp3) is 0.280. The maximum Gasteiger partial charge on any atom is 0.0925 e. The monoisotopic (exact) mass is 359 g/mol. The molecule has 0 bridgehead atoms. The van der Waals surface area contributed by atoms with Gasteiger partial charge in [-0.05, 0) is 49.1 Å². The summed E-state index contributed by atoms with van der Waals surface area (Å²) in [5.41, 5.74) is 3.49. The highest BCUT2D eigenvalue weighted by atomic mass is 16.5.